The van der Waals surface area contributed by atoms with Crippen molar-refractivity contribution in [2.24, 2.45) is 4.99 Å². The van der Waals surface area contributed by atoms with E-state index in [4.69, 9.17) is 0 Å². The minimum absolute atomic E-state index is 0. The Morgan fingerprint density at radius 3 is 2.75 bits per heavy atom. The minimum Gasteiger partial charge on any atom is -0.334 e. The summed E-state index contributed by atoms with van der Waals surface area (Å²) in [6.07, 6.45) is 0.881. The van der Waals surface area contributed by atoms with Gasteiger partial charge in [0, 0.05) is 23.1 Å². The van der Waals surface area contributed by atoms with Gasteiger partial charge in [-0.15, -0.1) is 12.4 Å². The van der Waals surface area contributed by atoms with Crippen molar-refractivity contribution >= 4 is 46.0 Å². The summed E-state index contributed by atoms with van der Waals surface area (Å²) in [5, 5.41) is 0. The molecule has 0 atom stereocenters. The van der Waals surface area contributed by atoms with E-state index in [1.807, 2.05) is 24.3 Å². The van der Waals surface area contributed by atoms with Crippen LogP contribution in [0.25, 0.3) is 11.4 Å². The normalized spacial score (nSPS) is 15.8. The number of nitrogens with one attached hydrogen (secondary N) is 1. The summed E-state index contributed by atoms with van der Waals surface area (Å²) in [6, 6.07) is 7.92. The molecular weight excluding hydrogens is 394 g/mol. The number of aromatic amines is 1. The summed E-state index contributed by atoms with van der Waals surface area (Å²) in [7, 11) is 0. The number of rotatable bonds is 3. The van der Waals surface area contributed by atoms with Gasteiger partial charge in [-0.25, -0.2) is 9.78 Å². The molecule has 0 spiro atoms. The molecule has 126 valence electrons. The van der Waals surface area contributed by atoms with E-state index < -0.39 is 0 Å². The zero-order chi connectivity index (χ0) is 16.0. The molecule has 2 aliphatic rings. The number of hydrogen-bond acceptors (Lipinski definition) is 3. The van der Waals surface area contributed by atoms with Gasteiger partial charge in [-0.05, 0) is 18.6 Å². The molecule has 8 heteroatoms. The number of aliphatic imine (C=N–C) groups is 1. The monoisotopic (exact) mass is 409 g/mol. The highest BCUT2D eigenvalue weighted by Crippen LogP contribution is 2.32. The van der Waals surface area contributed by atoms with Crippen LogP contribution >= 0.6 is 28.3 Å². The summed E-state index contributed by atoms with van der Waals surface area (Å²) in [5.74, 6) is 2.16. The molecule has 2 aliphatic heterocycles. The second kappa shape index (κ2) is 6.57. The molecule has 0 fully saturated rings. The third kappa shape index (κ3) is 2.61. The predicted octanol–water partition coefficient (Wildman–Crippen LogP) is 3.67. The van der Waals surface area contributed by atoms with Crippen molar-refractivity contribution < 1.29 is 4.79 Å². The van der Waals surface area contributed by atoms with Gasteiger partial charge in [0.15, 0.2) is 11.7 Å². The number of amidine groups is 1. The molecular formula is C16H17BrClN5O. The van der Waals surface area contributed by atoms with Crippen molar-refractivity contribution in [3.8, 4) is 11.4 Å². The predicted molar refractivity (Wildman–Crippen MR) is 100 cm³/mol. The van der Waals surface area contributed by atoms with E-state index in [-0.39, 0.29) is 18.4 Å². The van der Waals surface area contributed by atoms with Gasteiger partial charge in [0.1, 0.15) is 11.5 Å². The summed E-state index contributed by atoms with van der Waals surface area (Å²) in [5.41, 5.74) is 1.82. The van der Waals surface area contributed by atoms with Gasteiger partial charge in [0.25, 0.3) is 0 Å². The molecule has 0 aliphatic carbocycles. The van der Waals surface area contributed by atoms with Gasteiger partial charge in [-0.2, -0.15) is 0 Å². The maximum absolute atomic E-state index is 12.7. The first-order valence-corrected chi connectivity index (χ1v) is 8.48. The van der Waals surface area contributed by atoms with Crippen molar-refractivity contribution in [1.29, 1.82) is 0 Å². The van der Waals surface area contributed by atoms with Crippen LogP contribution in [0.15, 0.2) is 33.7 Å². The number of aromatic nitrogens is 2. The number of anilines is 1. The molecule has 2 amide bonds. The lowest BCUT2D eigenvalue weighted by Crippen LogP contribution is -2.50. The van der Waals surface area contributed by atoms with E-state index in [0.717, 1.165) is 28.0 Å². The quantitative estimate of drug-likeness (QED) is 0.839. The molecule has 24 heavy (non-hydrogen) atoms. The lowest BCUT2D eigenvalue weighted by Gasteiger charge is -2.31. The fourth-order valence-electron chi connectivity index (χ4n) is 2.97. The Morgan fingerprint density at radius 1 is 1.29 bits per heavy atom. The van der Waals surface area contributed by atoms with E-state index in [9.17, 15) is 4.79 Å². The maximum Gasteiger partial charge on any atom is 0.331 e. The average Bonchev–Trinajstić information content (AvgIpc) is 3.18. The molecule has 0 radical (unpaired) electrons. The second-order valence-corrected chi connectivity index (χ2v) is 6.50. The van der Waals surface area contributed by atoms with Gasteiger partial charge in [0.2, 0.25) is 0 Å². The van der Waals surface area contributed by atoms with E-state index in [1.165, 1.54) is 0 Å². The number of amides is 2. The fourth-order valence-corrected chi connectivity index (χ4v) is 3.23. The molecule has 0 saturated heterocycles. The van der Waals surface area contributed by atoms with Crippen LogP contribution < -0.4 is 4.90 Å². The lowest BCUT2D eigenvalue weighted by molar-refractivity contribution is 0.228. The van der Waals surface area contributed by atoms with Crippen molar-refractivity contribution in [1.82, 2.24) is 14.9 Å². The second-order valence-electron chi connectivity index (χ2n) is 5.58. The summed E-state index contributed by atoms with van der Waals surface area (Å²) < 4.78 is 1.02. The zero-order valence-electron chi connectivity index (χ0n) is 13.1. The molecule has 3 heterocycles. The Hall–Kier alpha value is -1.86. The Balaban J connectivity index is 0.00000169. The van der Waals surface area contributed by atoms with Crippen LogP contribution in [0, 0.1) is 0 Å². The number of nitrogens with zero attached hydrogens (tertiary/aromatic N) is 4. The van der Waals surface area contributed by atoms with Crippen molar-refractivity contribution in [2.45, 2.75) is 13.3 Å². The van der Waals surface area contributed by atoms with Crippen LogP contribution in [-0.4, -0.2) is 46.4 Å². The van der Waals surface area contributed by atoms with E-state index >= 15 is 0 Å². The first-order valence-electron chi connectivity index (χ1n) is 7.69. The Bertz CT molecular complexity index is 801. The lowest BCUT2D eigenvalue weighted by atomic mass is 10.2. The molecule has 0 bridgehead atoms. The topological polar surface area (TPSA) is 64.6 Å². The Kier molecular flexibility index (Phi) is 4.64. The number of imidazole rings is 1. The number of benzene rings is 1. The van der Waals surface area contributed by atoms with Crippen LogP contribution in [0.5, 0.6) is 0 Å². The molecule has 6 nitrogen and oxygen atoms in total. The summed E-state index contributed by atoms with van der Waals surface area (Å²) in [4.78, 5) is 28.7. The SMILES string of the molecule is CCCN1C(=O)N2CCN=C2c2[nH]c(-c3ccc(Br)cc3)nc21.Cl. The van der Waals surface area contributed by atoms with Gasteiger partial charge < -0.3 is 4.98 Å². The third-order valence-electron chi connectivity index (χ3n) is 4.03. The van der Waals surface area contributed by atoms with E-state index in [1.54, 1.807) is 9.80 Å². The zero-order valence-corrected chi connectivity index (χ0v) is 15.5. The van der Waals surface area contributed by atoms with E-state index in [0.29, 0.717) is 31.3 Å². The minimum atomic E-state index is -0.0237. The van der Waals surface area contributed by atoms with Gasteiger partial charge >= 0.3 is 6.03 Å². The molecule has 2 aromatic rings. The Labute approximate surface area is 154 Å². The number of carbonyl (C=O) groups excluding carboxylic acids is 1. The number of carbonyl (C=O) groups is 1. The number of H-pyrrole nitrogens is 1. The number of urea groups is 1. The highest BCUT2D eigenvalue weighted by Gasteiger charge is 2.39. The number of fused-ring (bicyclic) bond motifs is 3. The average molecular weight is 411 g/mol. The summed E-state index contributed by atoms with van der Waals surface area (Å²) in [6.45, 7) is 4.00. The number of halogens is 2. The van der Waals surface area contributed by atoms with Gasteiger partial charge in [-0.1, -0.05) is 35.0 Å². The molecule has 0 unspecified atom stereocenters. The van der Waals surface area contributed by atoms with E-state index in [2.05, 4.69) is 37.8 Å². The molecule has 4 rings (SSSR count). The molecule has 1 aromatic carbocycles. The van der Waals surface area contributed by atoms with Gasteiger partial charge in [0.05, 0.1) is 6.54 Å². The van der Waals surface area contributed by atoms with Gasteiger partial charge in [-0.3, -0.25) is 14.8 Å². The molecule has 1 aromatic heterocycles. The van der Waals surface area contributed by atoms with Crippen LogP contribution in [0.2, 0.25) is 0 Å². The molecule has 0 saturated carbocycles. The largest absolute Gasteiger partial charge is 0.334 e. The van der Waals surface area contributed by atoms with Crippen LogP contribution in [0.3, 0.4) is 0 Å². The third-order valence-corrected chi connectivity index (χ3v) is 4.56. The van der Waals surface area contributed by atoms with Crippen LogP contribution in [-0.2, 0) is 0 Å². The molecule has 1 N–H and O–H groups in total. The smallest absolute Gasteiger partial charge is 0.331 e. The maximum atomic E-state index is 12.7. The Morgan fingerprint density at radius 2 is 2.04 bits per heavy atom. The summed E-state index contributed by atoms with van der Waals surface area (Å²) >= 11 is 3.44. The number of hydrogen-bond donors (Lipinski definition) is 1. The highest BCUT2D eigenvalue weighted by molar-refractivity contribution is 9.10. The van der Waals surface area contributed by atoms with Crippen molar-refractivity contribution in [2.75, 3.05) is 24.5 Å². The first-order chi connectivity index (χ1) is 11.2. The van der Waals surface area contributed by atoms with Crippen LogP contribution in [0.1, 0.15) is 19.0 Å². The highest BCUT2D eigenvalue weighted by atomic mass is 79.9. The van der Waals surface area contributed by atoms with Crippen LogP contribution in [0.4, 0.5) is 10.6 Å². The standard InChI is InChI=1S/C16H16BrN5O.ClH/c1-2-8-21-15-12(14-18-7-9-22(14)16(21)23)19-13(20-15)10-3-5-11(17)6-4-10;/h3-6H,2,7-9H2,1H3,(H,19,20);1H. The van der Waals surface area contributed by atoms with Crippen molar-refractivity contribution in [3.63, 3.8) is 0 Å². The first kappa shape index (κ1) is 17.0. The fraction of sp³-hybridized carbons (Fsp3) is 0.312. The van der Waals surface area contributed by atoms with Crippen molar-refractivity contribution in [3.05, 3.63) is 34.4 Å².